The minimum Gasteiger partial charge on any atom is -0.462 e. The van der Waals surface area contributed by atoms with Crippen LogP contribution in [0.25, 0.3) is 0 Å². The van der Waals surface area contributed by atoms with Crippen LogP contribution in [-0.2, 0) is 28.6 Å². The average Bonchev–Trinajstić information content (AvgIpc) is 3.31. The molecule has 0 saturated carbocycles. The third-order valence-electron chi connectivity index (χ3n) is 11.9. The highest BCUT2D eigenvalue weighted by atomic mass is 16.6. The van der Waals surface area contributed by atoms with Gasteiger partial charge in [-0.05, 0) is 89.9 Å². The molecule has 0 amide bonds. The minimum atomic E-state index is -0.797. The number of carbonyl (C=O) groups excluding carboxylic acids is 3. The van der Waals surface area contributed by atoms with Crippen molar-refractivity contribution in [1.29, 1.82) is 0 Å². The Morgan fingerprint density at radius 1 is 0.318 bits per heavy atom. The van der Waals surface area contributed by atoms with E-state index < -0.39 is 6.10 Å². The predicted octanol–water partition coefficient (Wildman–Crippen LogP) is 18.6. The number of unbranched alkanes of at least 4 members (excludes halogenated alkanes) is 27. The molecule has 0 saturated heterocycles. The number of rotatable bonds is 50. The molecule has 0 N–H and O–H groups in total. The smallest absolute Gasteiger partial charge is 0.306 e. The second-order valence-corrected chi connectivity index (χ2v) is 18.5. The molecule has 0 aliphatic heterocycles. The molecule has 6 heteroatoms. The van der Waals surface area contributed by atoms with Gasteiger partial charge in [0.15, 0.2) is 6.10 Å². The maximum Gasteiger partial charge on any atom is 0.306 e. The molecule has 66 heavy (non-hydrogen) atoms. The fourth-order valence-corrected chi connectivity index (χ4v) is 7.76. The molecule has 1 unspecified atom stereocenters. The molecule has 0 bridgehead atoms. The van der Waals surface area contributed by atoms with Crippen molar-refractivity contribution >= 4 is 17.9 Å². The van der Waals surface area contributed by atoms with Gasteiger partial charge in [-0.2, -0.15) is 0 Å². The van der Waals surface area contributed by atoms with E-state index >= 15 is 0 Å². The summed E-state index contributed by atoms with van der Waals surface area (Å²) in [5.74, 6) is -0.932. The van der Waals surface area contributed by atoms with Crippen LogP contribution >= 0.6 is 0 Å². The van der Waals surface area contributed by atoms with Crippen molar-refractivity contribution in [1.82, 2.24) is 0 Å². The van der Waals surface area contributed by atoms with Crippen molar-refractivity contribution in [2.45, 2.75) is 277 Å². The number of carbonyl (C=O) groups is 3. The maximum atomic E-state index is 12.8. The summed E-state index contributed by atoms with van der Waals surface area (Å²) < 4.78 is 16.8. The van der Waals surface area contributed by atoms with E-state index in [0.29, 0.717) is 19.3 Å². The number of esters is 3. The highest BCUT2D eigenvalue weighted by Crippen LogP contribution is 2.15. The molecule has 0 aromatic rings. The fourth-order valence-electron chi connectivity index (χ4n) is 7.76. The monoisotopic (exact) mass is 921 g/mol. The van der Waals surface area contributed by atoms with Crippen LogP contribution in [0.15, 0.2) is 72.9 Å². The third kappa shape index (κ3) is 51.8. The number of hydrogen-bond acceptors (Lipinski definition) is 6. The first-order valence-corrected chi connectivity index (χ1v) is 27.9. The predicted molar refractivity (Wildman–Crippen MR) is 284 cm³/mol. The summed E-state index contributed by atoms with van der Waals surface area (Å²) >= 11 is 0. The van der Waals surface area contributed by atoms with Gasteiger partial charge in [-0.25, -0.2) is 0 Å². The highest BCUT2D eigenvalue weighted by molar-refractivity contribution is 5.71. The Kier molecular flexibility index (Phi) is 51.9. The van der Waals surface area contributed by atoms with Crippen molar-refractivity contribution in [2.75, 3.05) is 13.2 Å². The van der Waals surface area contributed by atoms with E-state index in [1.165, 1.54) is 141 Å². The number of ether oxygens (including phenoxy) is 3. The summed E-state index contributed by atoms with van der Waals surface area (Å²) in [5, 5.41) is 0. The standard InChI is InChI=1S/C60H104O6/c1-4-7-10-13-16-19-22-25-27-28-29-30-31-32-34-35-38-41-44-47-50-53-59(62)65-56-57(55-64-58(61)52-49-46-43-40-37-24-21-18-15-12-9-6-3)66-60(63)54-51-48-45-42-39-36-33-26-23-20-17-14-11-8-5-2/h8,11,17,20,22,25-26,28-29,33,39,42,57H,4-7,9-10,12-16,18-19,21,23-24,27,30-32,34-38,40-41,43-56H2,1-3H3/b11-8-,20-17-,25-22-,29-28-,33-26-,42-39-. The summed E-state index contributed by atoms with van der Waals surface area (Å²) in [6.07, 6.45) is 68.9. The number of hydrogen-bond donors (Lipinski definition) is 0. The van der Waals surface area contributed by atoms with Gasteiger partial charge in [0.25, 0.3) is 0 Å². The van der Waals surface area contributed by atoms with E-state index in [1.807, 2.05) is 0 Å². The lowest BCUT2D eigenvalue weighted by atomic mass is 10.0. The van der Waals surface area contributed by atoms with Crippen LogP contribution in [0.3, 0.4) is 0 Å². The van der Waals surface area contributed by atoms with Crippen molar-refractivity contribution in [3.63, 3.8) is 0 Å². The molecule has 6 nitrogen and oxygen atoms in total. The Labute approximate surface area is 408 Å². The summed E-state index contributed by atoms with van der Waals surface area (Å²) in [5.41, 5.74) is 0. The van der Waals surface area contributed by atoms with Crippen LogP contribution in [-0.4, -0.2) is 37.2 Å². The molecule has 0 rings (SSSR count). The summed E-state index contributed by atoms with van der Waals surface area (Å²) in [6, 6.07) is 0. The molecule has 0 aromatic carbocycles. The van der Waals surface area contributed by atoms with E-state index in [4.69, 9.17) is 14.2 Å². The van der Waals surface area contributed by atoms with Gasteiger partial charge in [0.05, 0.1) is 0 Å². The zero-order chi connectivity index (χ0) is 47.9. The quantitative estimate of drug-likeness (QED) is 0.0262. The second-order valence-electron chi connectivity index (χ2n) is 18.5. The van der Waals surface area contributed by atoms with Gasteiger partial charge in [0.1, 0.15) is 13.2 Å². The molecule has 0 aliphatic carbocycles. The van der Waals surface area contributed by atoms with Crippen LogP contribution in [0.4, 0.5) is 0 Å². The van der Waals surface area contributed by atoms with Gasteiger partial charge in [-0.15, -0.1) is 0 Å². The molecule has 0 aromatic heterocycles. The molecule has 0 fully saturated rings. The minimum absolute atomic E-state index is 0.0916. The van der Waals surface area contributed by atoms with Crippen LogP contribution < -0.4 is 0 Å². The van der Waals surface area contributed by atoms with Gasteiger partial charge >= 0.3 is 17.9 Å². The highest BCUT2D eigenvalue weighted by Gasteiger charge is 2.19. The lowest BCUT2D eigenvalue weighted by Crippen LogP contribution is -2.30. The first-order valence-electron chi connectivity index (χ1n) is 27.9. The molecule has 0 aliphatic rings. The number of allylic oxidation sites excluding steroid dienone is 12. The largest absolute Gasteiger partial charge is 0.462 e. The van der Waals surface area contributed by atoms with E-state index in [0.717, 1.165) is 83.5 Å². The molecule has 0 heterocycles. The van der Waals surface area contributed by atoms with E-state index in [-0.39, 0.29) is 37.5 Å². The van der Waals surface area contributed by atoms with Crippen LogP contribution in [0.1, 0.15) is 271 Å². The van der Waals surface area contributed by atoms with Gasteiger partial charge in [0.2, 0.25) is 0 Å². The fraction of sp³-hybridized carbons (Fsp3) is 0.750. The SMILES string of the molecule is CC/C=C\C/C=C\C/C=C\C/C=C\CCCCC(=O)OC(COC(=O)CCCCCCCCCCC/C=C\C/C=C\CCCCCCC)COC(=O)CCCCCCCCCCCCCC. The van der Waals surface area contributed by atoms with E-state index in [1.54, 1.807) is 0 Å². The van der Waals surface area contributed by atoms with Crippen molar-refractivity contribution < 1.29 is 28.6 Å². The zero-order valence-corrected chi connectivity index (χ0v) is 43.4. The Morgan fingerprint density at radius 2 is 0.591 bits per heavy atom. The van der Waals surface area contributed by atoms with Crippen molar-refractivity contribution in [2.24, 2.45) is 0 Å². The second kappa shape index (κ2) is 54.5. The van der Waals surface area contributed by atoms with Gasteiger partial charge in [-0.3, -0.25) is 14.4 Å². The van der Waals surface area contributed by atoms with Gasteiger partial charge < -0.3 is 14.2 Å². The Hall–Kier alpha value is -3.15. The molecular formula is C60H104O6. The Morgan fingerprint density at radius 3 is 0.955 bits per heavy atom. The lowest BCUT2D eigenvalue weighted by molar-refractivity contribution is -0.167. The lowest BCUT2D eigenvalue weighted by Gasteiger charge is -2.18. The first-order chi connectivity index (χ1) is 32.5. The van der Waals surface area contributed by atoms with Gasteiger partial charge in [0, 0.05) is 19.3 Å². The Balaban J connectivity index is 4.38. The van der Waals surface area contributed by atoms with Crippen LogP contribution in [0, 0.1) is 0 Å². The van der Waals surface area contributed by atoms with Crippen LogP contribution in [0.2, 0.25) is 0 Å². The topological polar surface area (TPSA) is 78.9 Å². The third-order valence-corrected chi connectivity index (χ3v) is 11.9. The molecular weight excluding hydrogens is 817 g/mol. The molecule has 0 radical (unpaired) electrons. The summed E-state index contributed by atoms with van der Waals surface area (Å²) in [4.78, 5) is 38.1. The Bertz CT molecular complexity index is 1240. The average molecular weight is 921 g/mol. The van der Waals surface area contributed by atoms with Crippen LogP contribution in [0.5, 0.6) is 0 Å². The summed E-state index contributed by atoms with van der Waals surface area (Å²) in [6.45, 7) is 6.49. The van der Waals surface area contributed by atoms with Gasteiger partial charge in [-0.1, -0.05) is 235 Å². The summed E-state index contributed by atoms with van der Waals surface area (Å²) in [7, 11) is 0. The van der Waals surface area contributed by atoms with Crippen molar-refractivity contribution in [3.8, 4) is 0 Å². The maximum absolute atomic E-state index is 12.8. The zero-order valence-electron chi connectivity index (χ0n) is 43.4. The molecule has 380 valence electrons. The molecule has 0 spiro atoms. The van der Waals surface area contributed by atoms with Crippen molar-refractivity contribution in [3.05, 3.63) is 72.9 Å². The first kappa shape index (κ1) is 62.8. The van der Waals surface area contributed by atoms with E-state index in [9.17, 15) is 14.4 Å². The normalized spacial score (nSPS) is 12.6. The molecule has 1 atom stereocenters. The van der Waals surface area contributed by atoms with E-state index in [2.05, 4.69) is 93.7 Å².